The van der Waals surface area contributed by atoms with Gasteiger partial charge in [0.05, 0.1) is 0 Å². The van der Waals surface area contributed by atoms with Crippen molar-refractivity contribution in [3.05, 3.63) is 60.2 Å². The van der Waals surface area contributed by atoms with Crippen LogP contribution < -0.4 is 10.6 Å². The molecule has 0 radical (unpaired) electrons. The first kappa shape index (κ1) is 19.2. The number of nitrogens with one attached hydrogen (secondary N) is 2. The lowest BCUT2D eigenvalue weighted by atomic mass is 10.2. The first-order valence-electron chi connectivity index (χ1n) is 9.33. The molecular formula is C21H27N3S2. The number of hydrogen-bond acceptors (Lipinski definition) is 3. The zero-order valence-electron chi connectivity index (χ0n) is 15.1. The van der Waals surface area contributed by atoms with Crippen molar-refractivity contribution < 1.29 is 0 Å². The van der Waals surface area contributed by atoms with Crippen LogP contribution in [-0.4, -0.2) is 36.2 Å². The molecule has 0 saturated carbocycles. The van der Waals surface area contributed by atoms with Gasteiger partial charge in [-0.3, -0.25) is 0 Å². The lowest BCUT2D eigenvalue weighted by molar-refractivity contribution is 0.334. The fraction of sp³-hybridized carbons (Fsp3) is 0.381. The Morgan fingerprint density at radius 1 is 1.00 bits per heavy atom. The van der Waals surface area contributed by atoms with Gasteiger partial charge in [-0.15, -0.1) is 11.8 Å². The summed E-state index contributed by atoms with van der Waals surface area (Å²) in [4.78, 5) is 3.83. The monoisotopic (exact) mass is 385 g/mol. The molecule has 2 aromatic rings. The van der Waals surface area contributed by atoms with Crippen LogP contribution in [0.25, 0.3) is 0 Å². The van der Waals surface area contributed by atoms with Gasteiger partial charge in [-0.1, -0.05) is 30.3 Å². The molecular weight excluding hydrogens is 358 g/mol. The predicted molar refractivity (Wildman–Crippen MR) is 117 cm³/mol. The molecule has 1 fully saturated rings. The summed E-state index contributed by atoms with van der Waals surface area (Å²) in [6.07, 6.45) is 3.85. The van der Waals surface area contributed by atoms with E-state index in [9.17, 15) is 0 Å². The SMILES string of the molecule is S=C(NCCCN1CCCC1)Nc1ccc(CSc2ccccc2)cc1. The Balaban J connectivity index is 1.34. The zero-order chi connectivity index (χ0) is 18.0. The summed E-state index contributed by atoms with van der Waals surface area (Å²) in [5.41, 5.74) is 2.35. The minimum absolute atomic E-state index is 0.706. The van der Waals surface area contributed by atoms with Crippen molar-refractivity contribution in [3.63, 3.8) is 0 Å². The molecule has 3 rings (SSSR count). The summed E-state index contributed by atoms with van der Waals surface area (Å²) in [6, 6.07) is 19.0. The van der Waals surface area contributed by atoms with E-state index in [4.69, 9.17) is 12.2 Å². The van der Waals surface area contributed by atoms with Crippen molar-refractivity contribution in [2.75, 3.05) is 31.5 Å². The molecule has 138 valence electrons. The smallest absolute Gasteiger partial charge is 0.170 e. The molecule has 1 aliphatic rings. The van der Waals surface area contributed by atoms with E-state index in [2.05, 4.69) is 64.1 Å². The van der Waals surface area contributed by atoms with E-state index in [-0.39, 0.29) is 0 Å². The van der Waals surface area contributed by atoms with Crippen LogP contribution in [0.15, 0.2) is 59.5 Å². The van der Waals surface area contributed by atoms with Crippen LogP contribution in [0.1, 0.15) is 24.8 Å². The highest BCUT2D eigenvalue weighted by Gasteiger charge is 2.10. The Morgan fingerprint density at radius 3 is 2.46 bits per heavy atom. The van der Waals surface area contributed by atoms with Gasteiger partial charge < -0.3 is 15.5 Å². The lowest BCUT2D eigenvalue weighted by Gasteiger charge is -2.15. The van der Waals surface area contributed by atoms with E-state index in [0.717, 1.165) is 24.4 Å². The normalized spacial score (nSPS) is 14.3. The molecule has 1 heterocycles. The highest BCUT2D eigenvalue weighted by molar-refractivity contribution is 7.98. The van der Waals surface area contributed by atoms with Gasteiger partial charge in [-0.2, -0.15) is 0 Å². The van der Waals surface area contributed by atoms with E-state index in [0.29, 0.717) is 5.11 Å². The number of rotatable bonds is 8. The number of thiocarbonyl (C=S) groups is 1. The molecule has 0 bridgehead atoms. The average molecular weight is 386 g/mol. The molecule has 0 aliphatic carbocycles. The second-order valence-electron chi connectivity index (χ2n) is 6.58. The van der Waals surface area contributed by atoms with Gasteiger partial charge >= 0.3 is 0 Å². The van der Waals surface area contributed by atoms with E-state index in [1.54, 1.807) is 0 Å². The number of likely N-dealkylation sites (tertiary alicyclic amines) is 1. The van der Waals surface area contributed by atoms with Crippen molar-refractivity contribution in [1.82, 2.24) is 10.2 Å². The van der Waals surface area contributed by atoms with Crippen LogP contribution in [0.3, 0.4) is 0 Å². The maximum Gasteiger partial charge on any atom is 0.170 e. The third-order valence-corrected chi connectivity index (χ3v) is 5.83. The molecule has 0 aromatic heterocycles. The van der Waals surface area contributed by atoms with Gasteiger partial charge in [0.2, 0.25) is 0 Å². The molecule has 1 saturated heterocycles. The molecule has 0 spiro atoms. The van der Waals surface area contributed by atoms with Gasteiger partial charge in [0.1, 0.15) is 0 Å². The summed E-state index contributed by atoms with van der Waals surface area (Å²) in [7, 11) is 0. The first-order chi connectivity index (χ1) is 12.8. The van der Waals surface area contributed by atoms with Gasteiger partial charge in [-0.25, -0.2) is 0 Å². The van der Waals surface area contributed by atoms with Crippen molar-refractivity contribution in [2.24, 2.45) is 0 Å². The van der Waals surface area contributed by atoms with Crippen LogP contribution in [0.2, 0.25) is 0 Å². The Labute approximate surface area is 166 Å². The summed E-state index contributed by atoms with van der Waals surface area (Å²) < 4.78 is 0. The highest BCUT2D eigenvalue weighted by atomic mass is 32.2. The van der Waals surface area contributed by atoms with Crippen molar-refractivity contribution in [3.8, 4) is 0 Å². The number of anilines is 1. The second kappa shape index (κ2) is 10.6. The lowest BCUT2D eigenvalue weighted by Crippen LogP contribution is -2.31. The van der Waals surface area contributed by atoms with Crippen LogP contribution in [0.4, 0.5) is 5.69 Å². The molecule has 0 atom stereocenters. The molecule has 1 aliphatic heterocycles. The number of hydrogen-bond donors (Lipinski definition) is 2. The number of benzene rings is 2. The highest BCUT2D eigenvalue weighted by Crippen LogP contribution is 2.23. The Kier molecular flexibility index (Phi) is 7.80. The Hall–Kier alpha value is -1.56. The largest absolute Gasteiger partial charge is 0.362 e. The molecule has 26 heavy (non-hydrogen) atoms. The first-order valence-corrected chi connectivity index (χ1v) is 10.7. The molecule has 2 aromatic carbocycles. The average Bonchev–Trinajstić information content (AvgIpc) is 3.19. The topological polar surface area (TPSA) is 27.3 Å². The fourth-order valence-electron chi connectivity index (χ4n) is 3.05. The summed E-state index contributed by atoms with van der Waals surface area (Å²) >= 11 is 7.25. The Bertz CT molecular complexity index is 667. The third-order valence-electron chi connectivity index (χ3n) is 4.50. The number of thioether (sulfide) groups is 1. The quantitative estimate of drug-likeness (QED) is 0.388. The van der Waals surface area contributed by atoms with Crippen molar-refractivity contribution >= 4 is 34.8 Å². The molecule has 2 N–H and O–H groups in total. The van der Waals surface area contributed by atoms with Crippen molar-refractivity contribution in [1.29, 1.82) is 0 Å². The van der Waals surface area contributed by atoms with E-state index in [1.165, 1.54) is 42.9 Å². The zero-order valence-corrected chi connectivity index (χ0v) is 16.7. The standard InChI is InChI=1S/C21H27N3S2/c25-21(22-13-6-16-24-14-4-5-15-24)23-19-11-9-18(10-12-19)17-26-20-7-2-1-3-8-20/h1-3,7-12H,4-6,13-17H2,(H2,22,23,25). The van der Waals surface area contributed by atoms with Crippen molar-refractivity contribution in [2.45, 2.75) is 29.9 Å². The predicted octanol–water partition coefficient (Wildman–Crippen LogP) is 4.75. The molecule has 5 heteroatoms. The number of nitrogens with zero attached hydrogens (tertiary/aromatic N) is 1. The van der Waals surface area contributed by atoms with E-state index < -0.39 is 0 Å². The maximum absolute atomic E-state index is 5.39. The summed E-state index contributed by atoms with van der Waals surface area (Å²) in [6.45, 7) is 4.62. The molecule has 3 nitrogen and oxygen atoms in total. The Morgan fingerprint density at radius 2 is 1.73 bits per heavy atom. The minimum atomic E-state index is 0.706. The van der Waals surface area contributed by atoms with Gasteiger partial charge in [0.25, 0.3) is 0 Å². The third kappa shape index (κ3) is 6.63. The summed E-state index contributed by atoms with van der Waals surface area (Å²) in [5, 5.41) is 7.28. The van der Waals surface area contributed by atoms with E-state index >= 15 is 0 Å². The van der Waals surface area contributed by atoms with E-state index in [1.807, 2.05) is 17.8 Å². The summed E-state index contributed by atoms with van der Waals surface area (Å²) in [5.74, 6) is 0.976. The van der Waals surface area contributed by atoms with Crippen LogP contribution in [0.5, 0.6) is 0 Å². The van der Waals surface area contributed by atoms with Gasteiger partial charge in [0.15, 0.2) is 5.11 Å². The van der Waals surface area contributed by atoms with Crippen LogP contribution in [0, 0.1) is 0 Å². The fourth-order valence-corrected chi connectivity index (χ4v) is 4.15. The van der Waals surface area contributed by atoms with Gasteiger partial charge in [-0.05, 0) is 80.9 Å². The van der Waals surface area contributed by atoms with Crippen LogP contribution >= 0.6 is 24.0 Å². The minimum Gasteiger partial charge on any atom is -0.362 e. The molecule has 0 amide bonds. The molecule has 0 unspecified atom stereocenters. The van der Waals surface area contributed by atoms with Crippen LogP contribution in [-0.2, 0) is 5.75 Å². The second-order valence-corrected chi connectivity index (χ2v) is 8.04. The van der Waals surface area contributed by atoms with Gasteiger partial charge in [0, 0.05) is 22.9 Å². The maximum atomic E-state index is 5.39.